The van der Waals surface area contributed by atoms with Crippen LogP contribution >= 0.6 is 0 Å². The Kier molecular flexibility index (Phi) is 6.02. The van der Waals surface area contributed by atoms with Gasteiger partial charge < -0.3 is 15.0 Å². The van der Waals surface area contributed by atoms with E-state index >= 15 is 0 Å². The monoisotopic (exact) mass is 293 g/mol. The summed E-state index contributed by atoms with van der Waals surface area (Å²) in [4.78, 5) is 15.4. The molecule has 0 spiro atoms. The van der Waals surface area contributed by atoms with Crippen molar-refractivity contribution >= 4 is 11.9 Å². The Morgan fingerprint density at radius 2 is 2.00 bits per heavy atom. The molecule has 1 fully saturated rings. The molecule has 21 heavy (non-hydrogen) atoms. The fourth-order valence-electron chi connectivity index (χ4n) is 2.23. The Bertz CT molecular complexity index is 410. The predicted molar refractivity (Wildman–Crippen MR) is 85.0 cm³/mol. The number of ether oxygens (including phenoxy) is 1. The Balaban J connectivity index is 2.08. The third-order valence-corrected chi connectivity index (χ3v) is 3.67. The number of nitrogens with one attached hydrogen (secondary N) is 1. The molecule has 0 unspecified atom stereocenters. The minimum absolute atomic E-state index is 0.418. The van der Waals surface area contributed by atoms with Gasteiger partial charge in [0.05, 0.1) is 6.61 Å². The number of anilines is 2. The molecule has 1 N–H and O–H groups in total. The molecular weight excluding hydrogens is 266 g/mol. The van der Waals surface area contributed by atoms with Crippen molar-refractivity contribution in [3.05, 3.63) is 0 Å². The van der Waals surface area contributed by atoms with Gasteiger partial charge in [-0.3, -0.25) is 0 Å². The highest BCUT2D eigenvalue weighted by atomic mass is 16.5. The van der Waals surface area contributed by atoms with Crippen molar-refractivity contribution in [1.29, 1.82) is 0 Å². The molecule has 6 nitrogen and oxygen atoms in total. The smallest absolute Gasteiger partial charge is 0.323 e. The van der Waals surface area contributed by atoms with Gasteiger partial charge in [0.15, 0.2) is 0 Å². The molecule has 0 amide bonds. The van der Waals surface area contributed by atoms with Crippen LogP contribution < -0.4 is 15.0 Å². The Labute approximate surface area is 127 Å². The van der Waals surface area contributed by atoms with Crippen LogP contribution in [0.15, 0.2) is 0 Å². The topological polar surface area (TPSA) is 63.2 Å². The van der Waals surface area contributed by atoms with Crippen LogP contribution in [0.5, 0.6) is 6.01 Å². The van der Waals surface area contributed by atoms with Crippen LogP contribution in [-0.4, -0.2) is 41.7 Å². The third-order valence-electron chi connectivity index (χ3n) is 3.67. The Hall–Kier alpha value is -1.59. The van der Waals surface area contributed by atoms with Gasteiger partial charge in [0.1, 0.15) is 0 Å². The lowest BCUT2D eigenvalue weighted by Crippen LogP contribution is -2.31. The van der Waals surface area contributed by atoms with E-state index in [2.05, 4.69) is 39.0 Å². The molecule has 1 aromatic heterocycles. The zero-order valence-electron chi connectivity index (χ0n) is 13.4. The van der Waals surface area contributed by atoms with Crippen molar-refractivity contribution < 1.29 is 4.74 Å². The lowest BCUT2D eigenvalue weighted by molar-refractivity contribution is 0.290. The van der Waals surface area contributed by atoms with Crippen molar-refractivity contribution in [2.45, 2.75) is 46.0 Å². The summed E-state index contributed by atoms with van der Waals surface area (Å²) in [6.45, 7) is 6.67. The van der Waals surface area contributed by atoms with Gasteiger partial charge in [0.25, 0.3) is 0 Å². The van der Waals surface area contributed by atoms with Crippen LogP contribution in [0.3, 0.4) is 0 Å². The van der Waals surface area contributed by atoms with E-state index in [9.17, 15) is 0 Å². The van der Waals surface area contributed by atoms with E-state index in [4.69, 9.17) is 4.74 Å². The first-order chi connectivity index (χ1) is 10.2. The van der Waals surface area contributed by atoms with Crippen LogP contribution in [0, 0.1) is 5.92 Å². The van der Waals surface area contributed by atoms with Crippen molar-refractivity contribution in [3.8, 4) is 6.01 Å². The first-order valence-electron chi connectivity index (χ1n) is 8.06. The molecule has 6 heteroatoms. The molecule has 0 saturated heterocycles. The molecule has 0 atom stereocenters. The van der Waals surface area contributed by atoms with Gasteiger partial charge in [0.2, 0.25) is 11.9 Å². The summed E-state index contributed by atoms with van der Waals surface area (Å²) in [6, 6.07) is 0.418. The SMILES string of the molecule is CCCNc1nc(OCCC)nc(N(C)CC2CCC2)n1. The number of aromatic nitrogens is 3. The van der Waals surface area contributed by atoms with E-state index in [1.165, 1.54) is 19.3 Å². The average Bonchev–Trinajstić information content (AvgIpc) is 2.46. The van der Waals surface area contributed by atoms with Gasteiger partial charge in [-0.15, -0.1) is 0 Å². The number of hydrogen-bond acceptors (Lipinski definition) is 6. The largest absolute Gasteiger partial charge is 0.463 e. The van der Waals surface area contributed by atoms with Gasteiger partial charge in [0, 0.05) is 20.1 Å². The lowest BCUT2D eigenvalue weighted by Gasteiger charge is -2.30. The van der Waals surface area contributed by atoms with E-state index in [0.717, 1.165) is 31.8 Å². The Morgan fingerprint density at radius 3 is 2.62 bits per heavy atom. The van der Waals surface area contributed by atoms with Gasteiger partial charge >= 0.3 is 6.01 Å². The molecular formula is C15H27N5O. The van der Waals surface area contributed by atoms with E-state index in [-0.39, 0.29) is 0 Å². The van der Waals surface area contributed by atoms with E-state index in [1.807, 2.05) is 7.05 Å². The average molecular weight is 293 g/mol. The van der Waals surface area contributed by atoms with Crippen molar-refractivity contribution in [2.75, 3.05) is 37.0 Å². The van der Waals surface area contributed by atoms with Crippen LogP contribution in [0.25, 0.3) is 0 Å². The molecule has 1 saturated carbocycles. The van der Waals surface area contributed by atoms with Crippen LogP contribution in [-0.2, 0) is 0 Å². The first-order valence-corrected chi connectivity index (χ1v) is 8.06. The predicted octanol–water partition coefficient (Wildman–Crippen LogP) is 2.72. The summed E-state index contributed by atoms with van der Waals surface area (Å²) < 4.78 is 5.58. The lowest BCUT2D eigenvalue weighted by atomic mass is 9.85. The molecule has 118 valence electrons. The number of nitrogens with zero attached hydrogens (tertiary/aromatic N) is 4. The minimum Gasteiger partial charge on any atom is -0.463 e. The Morgan fingerprint density at radius 1 is 1.19 bits per heavy atom. The molecule has 0 radical (unpaired) electrons. The maximum absolute atomic E-state index is 5.58. The molecule has 1 aliphatic carbocycles. The fourth-order valence-corrected chi connectivity index (χ4v) is 2.23. The molecule has 0 aromatic carbocycles. The number of rotatable bonds is 9. The van der Waals surface area contributed by atoms with E-state index in [1.54, 1.807) is 0 Å². The van der Waals surface area contributed by atoms with E-state index < -0.39 is 0 Å². The second-order valence-electron chi connectivity index (χ2n) is 5.69. The molecule has 2 rings (SSSR count). The fraction of sp³-hybridized carbons (Fsp3) is 0.800. The second-order valence-corrected chi connectivity index (χ2v) is 5.69. The first kappa shape index (κ1) is 15.8. The van der Waals surface area contributed by atoms with Crippen LogP contribution in [0.1, 0.15) is 46.0 Å². The van der Waals surface area contributed by atoms with Gasteiger partial charge in [-0.1, -0.05) is 20.3 Å². The maximum atomic E-state index is 5.58. The standard InChI is InChI=1S/C15H27N5O/c1-4-9-16-13-17-14(19-15(18-13)21-10-5-2)20(3)11-12-7-6-8-12/h12H,4-11H2,1-3H3,(H,16,17,18,19). The van der Waals surface area contributed by atoms with Gasteiger partial charge in [-0.2, -0.15) is 15.0 Å². The van der Waals surface area contributed by atoms with Crippen molar-refractivity contribution in [3.63, 3.8) is 0 Å². The summed E-state index contributed by atoms with van der Waals surface area (Å²) >= 11 is 0. The van der Waals surface area contributed by atoms with Crippen LogP contribution in [0.2, 0.25) is 0 Å². The van der Waals surface area contributed by atoms with Crippen molar-refractivity contribution in [1.82, 2.24) is 15.0 Å². The summed E-state index contributed by atoms with van der Waals surface area (Å²) in [6.07, 6.45) is 5.95. The summed E-state index contributed by atoms with van der Waals surface area (Å²) in [5, 5.41) is 3.22. The second kappa shape index (κ2) is 8.00. The van der Waals surface area contributed by atoms with Crippen molar-refractivity contribution in [2.24, 2.45) is 5.92 Å². The molecule has 1 aliphatic rings. The van der Waals surface area contributed by atoms with Gasteiger partial charge in [-0.05, 0) is 31.6 Å². The molecule has 0 bridgehead atoms. The zero-order chi connectivity index (χ0) is 15.1. The summed E-state index contributed by atoms with van der Waals surface area (Å²) in [7, 11) is 2.04. The summed E-state index contributed by atoms with van der Waals surface area (Å²) in [5.41, 5.74) is 0. The highest BCUT2D eigenvalue weighted by Gasteiger charge is 2.21. The minimum atomic E-state index is 0.418. The summed E-state index contributed by atoms with van der Waals surface area (Å²) in [5.74, 6) is 2.08. The highest BCUT2D eigenvalue weighted by Crippen LogP contribution is 2.28. The highest BCUT2D eigenvalue weighted by molar-refractivity contribution is 5.37. The quantitative estimate of drug-likeness (QED) is 0.755. The molecule has 0 aliphatic heterocycles. The van der Waals surface area contributed by atoms with Crippen LogP contribution in [0.4, 0.5) is 11.9 Å². The third kappa shape index (κ3) is 4.72. The molecule has 1 aromatic rings. The number of hydrogen-bond donors (Lipinski definition) is 1. The normalized spacial score (nSPS) is 14.6. The maximum Gasteiger partial charge on any atom is 0.323 e. The van der Waals surface area contributed by atoms with Gasteiger partial charge in [-0.25, -0.2) is 0 Å². The van der Waals surface area contributed by atoms with E-state index in [0.29, 0.717) is 24.5 Å². The zero-order valence-corrected chi connectivity index (χ0v) is 13.4. The molecule has 1 heterocycles.